The molecule has 2 aromatic carbocycles. The number of benzene rings is 2. The molecule has 0 amide bonds. The summed E-state index contributed by atoms with van der Waals surface area (Å²) in [6.45, 7) is 17.3. The van der Waals surface area contributed by atoms with Gasteiger partial charge in [0.2, 0.25) is 11.6 Å². The summed E-state index contributed by atoms with van der Waals surface area (Å²) in [5.74, 6) is 23.2. The van der Waals surface area contributed by atoms with Gasteiger partial charge in [0.05, 0.1) is 33.7 Å². The Hall–Kier alpha value is -4.68. The van der Waals surface area contributed by atoms with Crippen LogP contribution in [0, 0.1) is 18.8 Å². The fourth-order valence-corrected chi connectivity index (χ4v) is 10.7. The third-order valence-corrected chi connectivity index (χ3v) is 15.2. The van der Waals surface area contributed by atoms with E-state index in [9.17, 15) is 9.79 Å². The lowest BCUT2D eigenvalue weighted by molar-refractivity contribution is -0.222. The Bertz CT molecular complexity index is 2690. The number of aromatic nitrogens is 1. The zero-order valence-corrected chi connectivity index (χ0v) is 38.4. The molecule has 4 aliphatic rings. The molecule has 62 heavy (non-hydrogen) atoms. The number of nitrogens with two attached hydrogens (primary N) is 4. The molecular weight excluding hydrogens is 823 g/mol. The lowest BCUT2D eigenvalue weighted by Gasteiger charge is -2.21. The molecule has 10 N–H and O–H groups in total. The van der Waals surface area contributed by atoms with Crippen molar-refractivity contribution in [2.45, 2.75) is 93.4 Å². The van der Waals surface area contributed by atoms with Gasteiger partial charge in [-0.15, -0.1) is 18.5 Å². The standard InChI is InChI=1S/C46H54N8O6P2/c1-9-33-27(7)43-41(31-17-13-29(14-18-31)23-61(55,57-47)58-48)45-35(11-3)25(5)37(51-45)21-38-26(6)36(12-4)46(52-38)42(32-19-15-30(16-20-32)24-62(56,59-49)60-50)44-28(8)34(10-2)40(54-44)22-39(33)53-43/h13-22H,9-12,23-24,47-50H2,1-8H3/q+2/p+2. The SMILES string of the molecule is CCC1=C(C)C2=[N+]=C1C=c1[nH]c(c(C)c1CC)=C(c1ccc(C[P+]([O-])(ON)ON)cc1)C1=[N+]=C(C=C3NC(=C(CC)[C+]3C)[C+]2c2ccc(C[P+]([O-])(ON)ON)cc2)C(C)=C1CC. The predicted octanol–water partition coefficient (Wildman–Crippen LogP) is 3.43. The van der Waals surface area contributed by atoms with Crippen LogP contribution in [0.15, 0.2) is 93.9 Å². The Morgan fingerprint density at radius 2 is 1.27 bits per heavy atom. The highest BCUT2D eigenvalue weighted by Crippen LogP contribution is 2.53. The van der Waals surface area contributed by atoms with Gasteiger partial charge >= 0.3 is 22.8 Å². The molecule has 0 fully saturated rings. The first-order valence-electron chi connectivity index (χ1n) is 20.8. The first kappa shape index (κ1) is 45.3. The van der Waals surface area contributed by atoms with E-state index in [0.717, 1.165) is 133 Å². The number of aromatic amines is 1. The summed E-state index contributed by atoms with van der Waals surface area (Å²) in [5, 5.41) is 5.79. The Morgan fingerprint density at radius 1 is 0.694 bits per heavy atom. The van der Waals surface area contributed by atoms with Crippen LogP contribution in [0.25, 0.3) is 11.6 Å². The van der Waals surface area contributed by atoms with E-state index in [4.69, 9.17) is 32.9 Å². The second-order valence-corrected chi connectivity index (χ2v) is 19.7. The van der Waals surface area contributed by atoms with E-state index in [1.54, 1.807) is 0 Å². The number of nitrogens with one attached hydrogen (secondary N) is 2. The molecule has 4 aliphatic heterocycles. The van der Waals surface area contributed by atoms with Crippen molar-refractivity contribution < 1.29 is 28.3 Å². The molecule has 14 nitrogen and oxygen atoms in total. The highest BCUT2D eigenvalue weighted by molar-refractivity contribution is 7.58. The van der Waals surface area contributed by atoms with Crippen molar-refractivity contribution in [1.82, 2.24) is 19.6 Å². The second-order valence-electron chi connectivity index (χ2n) is 15.7. The summed E-state index contributed by atoms with van der Waals surface area (Å²) < 4.78 is 29.6. The minimum atomic E-state index is -3.71. The van der Waals surface area contributed by atoms with E-state index in [2.05, 4.69) is 96.3 Å². The first-order valence-corrected chi connectivity index (χ1v) is 24.3. The topological polar surface area (TPSA) is 243 Å². The molecule has 3 aromatic rings. The number of H-pyrrole nitrogens is 1. The maximum Gasteiger partial charge on any atom is 0.416 e. The predicted molar refractivity (Wildman–Crippen MR) is 246 cm³/mol. The van der Waals surface area contributed by atoms with Gasteiger partial charge in [-0.3, -0.25) is 5.32 Å². The van der Waals surface area contributed by atoms with Gasteiger partial charge in [-0.05, 0) is 74.4 Å². The third-order valence-electron chi connectivity index (χ3n) is 12.4. The number of hydrogen-bond acceptors (Lipinski definition) is 11. The Balaban J connectivity index is 1.54. The van der Waals surface area contributed by atoms with Gasteiger partial charge in [0.15, 0.2) is 5.70 Å². The zero-order chi connectivity index (χ0) is 44.7. The van der Waals surface area contributed by atoms with Gasteiger partial charge in [0.1, 0.15) is 41.0 Å². The molecular formula is C46H56N8O6P2+4. The fraction of sp³-hybridized carbons (Fsp3) is 0.304. The van der Waals surface area contributed by atoms with Gasteiger partial charge in [-0.1, -0.05) is 61.3 Å². The fourth-order valence-electron chi connectivity index (χ4n) is 9.01. The first-order chi connectivity index (χ1) is 29.7. The molecule has 8 bridgehead atoms. The quantitative estimate of drug-likeness (QED) is 0.0593. The van der Waals surface area contributed by atoms with Crippen LogP contribution >= 0.6 is 15.9 Å². The van der Waals surface area contributed by atoms with Gasteiger partial charge in [-0.2, -0.15) is 23.6 Å². The summed E-state index contributed by atoms with van der Waals surface area (Å²) in [6, 6.07) is 15.6. The minimum Gasteiger partial charge on any atom is -0.628 e. The molecule has 322 valence electrons. The van der Waals surface area contributed by atoms with E-state index in [1.807, 2.05) is 48.5 Å². The Kier molecular flexibility index (Phi) is 13.3. The highest BCUT2D eigenvalue weighted by Gasteiger charge is 2.53. The van der Waals surface area contributed by atoms with Crippen LogP contribution in [0.4, 0.5) is 0 Å². The molecule has 16 heteroatoms. The Morgan fingerprint density at radius 3 is 1.81 bits per heavy atom. The van der Waals surface area contributed by atoms with Crippen molar-refractivity contribution in [2.24, 2.45) is 23.6 Å². The van der Waals surface area contributed by atoms with Crippen LogP contribution < -0.4 is 58.7 Å². The zero-order valence-electron chi connectivity index (χ0n) is 36.6. The van der Waals surface area contributed by atoms with Crippen LogP contribution in [-0.2, 0) is 37.2 Å². The molecule has 1 aromatic heterocycles. The number of rotatable bonds is 14. The molecule has 0 aliphatic carbocycles. The van der Waals surface area contributed by atoms with E-state index in [0.29, 0.717) is 11.1 Å². The van der Waals surface area contributed by atoms with Crippen molar-refractivity contribution in [2.75, 3.05) is 0 Å². The molecule has 0 atom stereocenters. The summed E-state index contributed by atoms with van der Waals surface area (Å²) in [4.78, 5) is 29.6. The monoisotopic (exact) mass is 878 g/mol. The lowest BCUT2D eigenvalue weighted by atomic mass is 9.83. The number of allylic oxidation sites excluding steroid dienone is 7. The maximum atomic E-state index is 12.8. The van der Waals surface area contributed by atoms with Gasteiger partial charge < -0.3 is 14.8 Å². The number of hydrogen-bond donors (Lipinski definition) is 6. The average molecular weight is 879 g/mol. The summed E-state index contributed by atoms with van der Waals surface area (Å²) >= 11 is 0. The Labute approximate surface area is 363 Å². The van der Waals surface area contributed by atoms with Crippen molar-refractivity contribution >= 4 is 50.4 Å². The van der Waals surface area contributed by atoms with E-state index >= 15 is 0 Å². The summed E-state index contributed by atoms with van der Waals surface area (Å²) in [7, 11) is -7.43. The van der Waals surface area contributed by atoms with E-state index < -0.39 is 15.9 Å². The van der Waals surface area contributed by atoms with Crippen LogP contribution in [-0.4, -0.2) is 27.8 Å². The molecule has 0 saturated carbocycles. The minimum absolute atomic E-state index is 0.0869. The molecule has 0 saturated heterocycles. The lowest BCUT2D eigenvalue weighted by Crippen LogP contribution is -2.25. The third kappa shape index (κ3) is 8.17. The average Bonchev–Trinajstić information content (AvgIpc) is 3.97. The maximum absolute atomic E-state index is 12.8. The largest absolute Gasteiger partial charge is 0.628 e. The highest BCUT2D eigenvalue weighted by atomic mass is 31.2. The molecule has 0 radical (unpaired) electrons. The van der Waals surface area contributed by atoms with Crippen LogP contribution in [0.5, 0.6) is 0 Å². The smallest absolute Gasteiger partial charge is 0.416 e. The van der Waals surface area contributed by atoms with E-state index in [-0.39, 0.29) is 12.3 Å². The van der Waals surface area contributed by atoms with Gasteiger partial charge in [-0.25, -0.2) is 0 Å². The van der Waals surface area contributed by atoms with Crippen LogP contribution in [0.3, 0.4) is 0 Å². The van der Waals surface area contributed by atoms with Crippen molar-refractivity contribution in [1.29, 1.82) is 0 Å². The second kappa shape index (κ2) is 18.2. The normalized spacial score (nSPS) is 16.8. The van der Waals surface area contributed by atoms with Crippen molar-refractivity contribution in [3.63, 3.8) is 0 Å². The summed E-state index contributed by atoms with van der Waals surface area (Å²) in [6.07, 6.45) is 7.22. The molecule has 5 heterocycles. The van der Waals surface area contributed by atoms with Gasteiger partial charge in [0.25, 0.3) is 15.9 Å². The van der Waals surface area contributed by atoms with Crippen molar-refractivity contribution in [3.8, 4) is 0 Å². The molecule has 0 spiro atoms. The van der Waals surface area contributed by atoms with Crippen LogP contribution in [0.1, 0.15) is 101 Å². The number of fused-ring (bicyclic) bond motifs is 4. The summed E-state index contributed by atoms with van der Waals surface area (Å²) in [5.41, 5.74) is 17.5. The van der Waals surface area contributed by atoms with E-state index in [1.165, 1.54) is 5.56 Å². The molecule has 7 rings (SSSR count). The van der Waals surface area contributed by atoms with Gasteiger partial charge in [0, 0.05) is 36.4 Å². The van der Waals surface area contributed by atoms with Crippen molar-refractivity contribution in [3.05, 3.63) is 150 Å². The number of nitrogens with zero attached hydrogens (tertiary/aromatic N) is 2. The van der Waals surface area contributed by atoms with Crippen LogP contribution in [0.2, 0.25) is 0 Å². The molecule has 0 unspecified atom stereocenters.